The number of likely N-dealkylation sites (N-methyl/N-ethyl adjacent to an activating group) is 1. The summed E-state index contributed by atoms with van der Waals surface area (Å²) in [6.07, 6.45) is -2.81. The lowest BCUT2D eigenvalue weighted by atomic mass is 10.4. The van der Waals surface area contributed by atoms with Gasteiger partial charge in [0.05, 0.1) is 6.54 Å². The number of rotatable bonds is 4. The minimum Gasteiger partial charge on any atom is -0.352 e. The van der Waals surface area contributed by atoms with E-state index in [4.69, 9.17) is 11.6 Å². The highest BCUT2D eigenvalue weighted by molar-refractivity contribution is 6.29. The minimum atomic E-state index is -4.68. The molecule has 1 aliphatic rings. The largest absolute Gasteiger partial charge is 0.451 e. The molecule has 9 heteroatoms. The van der Waals surface area contributed by atoms with Gasteiger partial charge in [-0.15, -0.1) is 0 Å². The zero-order valence-corrected chi connectivity index (χ0v) is 11.3. The number of anilines is 1. The van der Waals surface area contributed by atoms with Gasteiger partial charge < -0.3 is 10.2 Å². The maximum absolute atomic E-state index is 12.6. The predicted octanol–water partition coefficient (Wildman–Crippen LogP) is 1.86. The van der Waals surface area contributed by atoms with Crippen LogP contribution in [0.1, 0.15) is 18.7 Å². The molecule has 1 saturated carbocycles. The second-order valence-corrected chi connectivity index (χ2v) is 4.96. The fourth-order valence-electron chi connectivity index (χ4n) is 1.53. The molecule has 0 bridgehead atoms. The van der Waals surface area contributed by atoms with Gasteiger partial charge in [0.1, 0.15) is 11.0 Å². The fourth-order valence-corrected chi connectivity index (χ4v) is 1.70. The summed E-state index contributed by atoms with van der Waals surface area (Å²) in [5, 5.41) is 2.41. The predicted molar refractivity (Wildman–Crippen MR) is 66.5 cm³/mol. The Morgan fingerprint density at radius 2 is 2.15 bits per heavy atom. The molecule has 1 aliphatic carbocycles. The van der Waals surface area contributed by atoms with Crippen LogP contribution in [0, 0.1) is 0 Å². The monoisotopic (exact) mass is 308 g/mol. The summed E-state index contributed by atoms with van der Waals surface area (Å²) in [7, 11) is 1.46. The highest BCUT2D eigenvalue weighted by Gasteiger charge is 2.35. The number of nitrogens with one attached hydrogen (secondary N) is 1. The van der Waals surface area contributed by atoms with Crippen LogP contribution < -0.4 is 10.2 Å². The van der Waals surface area contributed by atoms with Gasteiger partial charge in [-0.1, -0.05) is 11.6 Å². The van der Waals surface area contributed by atoms with Crippen molar-refractivity contribution in [1.29, 1.82) is 0 Å². The van der Waals surface area contributed by atoms with Crippen molar-refractivity contribution >= 4 is 23.3 Å². The van der Waals surface area contributed by atoms with Gasteiger partial charge in [0.15, 0.2) is 0 Å². The van der Waals surface area contributed by atoms with Gasteiger partial charge in [-0.05, 0) is 12.8 Å². The summed E-state index contributed by atoms with van der Waals surface area (Å²) in [6.45, 7) is -0.0961. The number of amides is 1. The normalized spacial score (nSPS) is 15.1. The van der Waals surface area contributed by atoms with E-state index in [0.717, 1.165) is 12.8 Å². The van der Waals surface area contributed by atoms with Gasteiger partial charge in [0.25, 0.3) is 0 Å². The molecule has 1 N–H and O–H groups in total. The lowest BCUT2D eigenvalue weighted by molar-refractivity contribution is -0.144. The average molecular weight is 309 g/mol. The summed E-state index contributed by atoms with van der Waals surface area (Å²) in [6, 6.07) is 1.37. The second kappa shape index (κ2) is 5.43. The zero-order valence-electron chi connectivity index (χ0n) is 10.5. The minimum absolute atomic E-state index is 0.0525. The highest BCUT2D eigenvalue weighted by atomic mass is 35.5. The van der Waals surface area contributed by atoms with Crippen molar-refractivity contribution in [3.63, 3.8) is 0 Å². The van der Waals surface area contributed by atoms with E-state index in [1.807, 2.05) is 0 Å². The Balaban J connectivity index is 2.10. The second-order valence-electron chi connectivity index (χ2n) is 4.57. The van der Waals surface area contributed by atoms with Gasteiger partial charge in [0.2, 0.25) is 11.7 Å². The number of halogens is 4. The Kier molecular flexibility index (Phi) is 4.03. The third kappa shape index (κ3) is 3.96. The summed E-state index contributed by atoms with van der Waals surface area (Å²) >= 11 is 5.55. The number of alkyl halides is 3. The van der Waals surface area contributed by atoms with Crippen molar-refractivity contribution < 1.29 is 18.0 Å². The smallest absolute Gasteiger partial charge is 0.352 e. The number of aromatic nitrogens is 2. The molecular weight excluding hydrogens is 297 g/mol. The van der Waals surface area contributed by atoms with E-state index in [1.165, 1.54) is 18.0 Å². The molecule has 1 fully saturated rings. The molecule has 0 saturated heterocycles. The molecule has 0 radical (unpaired) electrons. The lowest BCUT2D eigenvalue weighted by Gasteiger charge is -2.18. The van der Waals surface area contributed by atoms with Crippen LogP contribution in [0.4, 0.5) is 19.0 Å². The van der Waals surface area contributed by atoms with Crippen LogP contribution in [-0.4, -0.2) is 35.5 Å². The van der Waals surface area contributed by atoms with Crippen LogP contribution in [0.5, 0.6) is 0 Å². The Bertz CT molecular complexity index is 519. The SMILES string of the molecule is CN(CC(=O)NC1CC1)c1cc(Cl)nc(C(F)(F)F)n1. The van der Waals surface area contributed by atoms with E-state index < -0.39 is 12.0 Å². The summed E-state index contributed by atoms with van der Waals surface area (Å²) in [5.74, 6) is -1.64. The van der Waals surface area contributed by atoms with Crippen LogP contribution in [0.25, 0.3) is 0 Å². The molecule has 0 atom stereocenters. The maximum Gasteiger partial charge on any atom is 0.451 e. The van der Waals surface area contributed by atoms with E-state index >= 15 is 0 Å². The molecule has 1 aromatic rings. The summed E-state index contributed by atoms with van der Waals surface area (Å²) in [5.41, 5.74) is 0. The molecule has 5 nitrogen and oxygen atoms in total. The number of nitrogens with zero attached hydrogens (tertiary/aromatic N) is 3. The van der Waals surface area contributed by atoms with Crippen LogP contribution >= 0.6 is 11.6 Å². The molecule has 20 heavy (non-hydrogen) atoms. The van der Waals surface area contributed by atoms with Crippen molar-refractivity contribution in [2.75, 3.05) is 18.5 Å². The number of hydrogen-bond donors (Lipinski definition) is 1. The van der Waals surface area contributed by atoms with Crippen molar-refractivity contribution in [3.05, 3.63) is 17.0 Å². The maximum atomic E-state index is 12.6. The first-order valence-corrected chi connectivity index (χ1v) is 6.26. The Hall–Kier alpha value is -1.57. The molecule has 0 unspecified atom stereocenters. The quantitative estimate of drug-likeness (QED) is 0.863. The first-order valence-electron chi connectivity index (χ1n) is 5.88. The molecule has 110 valence electrons. The molecular formula is C11H12ClF3N4O. The average Bonchev–Trinajstić information content (AvgIpc) is 3.10. The molecule has 0 spiro atoms. The van der Waals surface area contributed by atoms with Gasteiger partial charge in [-0.25, -0.2) is 9.97 Å². The standard InChI is InChI=1S/C11H12ClF3N4O/c1-19(5-9(20)16-6-2-3-6)8-4-7(12)17-10(18-8)11(13,14)15/h4,6H,2-3,5H2,1H3,(H,16,20). The topological polar surface area (TPSA) is 58.1 Å². The van der Waals surface area contributed by atoms with E-state index in [9.17, 15) is 18.0 Å². The molecule has 1 heterocycles. The van der Waals surface area contributed by atoms with E-state index in [2.05, 4.69) is 15.3 Å². The van der Waals surface area contributed by atoms with E-state index in [0.29, 0.717) is 0 Å². The van der Waals surface area contributed by atoms with E-state index in [-0.39, 0.29) is 29.5 Å². The number of hydrogen-bond acceptors (Lipinski definition) is 4. The van der Waals surface area contributed by atoms with Gasteiger partial charge >= 0.3 is 6.18 Å². The third-order valence-electron chi connectivity index (χ3n) is 2.65. The fraction of sp³-hybridized carbons (Fsp3) is 0.545. The molecule has 0 aliphatic heterocycles. The Morgan fingerprint density at radius 3 is 2.70 bits per heavy atom. The Morgan fingerprint density at radius 1 is 1.50 bits per heavy atom. The molecule has 0 aromatic carbocycles. The van der Waals surface area contributed by atoms with E-state index in [1.54, 1.807) is 0 Å². The van der Waals surface area contributed by atoms with Crippen molar-refractivity contribution in [2.45, 2.75) is 25.1 Å². The molecule has 1 amide bonds. The summed E-state index contributed by atoms with van der Waals surface area (Å²) < 4.78 is 37.7. The molecule has 1 aromatic heterocycles. The van der Waals surface area contributed by atoms with Crippen molar-refractivity contribution in [3.8, 4) is 0 Å². The zero-order chi connectivity index (χ0) is 14.9. The van der Waals surface area contributed by atoms with Gasteiger partial charge in [-0.2, -0.15) is 13.2 Å². The molecule has 2 rings (SSSR count). The number of carbonyl (C=O) groups excluding carboxylic acids is 1. The number of carbonyl (C=O) groups is 1. The van der Waals surface area contributed by atoms with Crippen LogP contribution in [0.2, 0.25) is 5.15 Å². The highest BCUT2D eigenvalue weighted by Crippen LogP contribution is 2.28. The van der Waals surface area contributed by atoms with Crippen LogP contribution in [-0.2, 0) is 11.0 Å². The lowest BCUT2D eigenvalue weighted by Crippen LogP contribution is -2.36. The van der Waals surface area contributed by atoms with Crippen LogP contribution in [0.15, 0.2) is 6.07 Å². The first-order chi connectivity index (χ1) is 9.25. The van der Waals surface area contributed by atoms with Crippen LogP contribution in [0.3, 0.4) is 0 Å². The third-order valence-corrected chi connectivity index (χ3v) is 2.84. The summed E-state index contributed by atoms with van der Waals surface area (Å²) in [4.78, 5) is 19.4. The van der Waals surface area contributed by atoms with Gasteiger partial charge in [-0.3, -0.25) is 4.79 Å². The van der Waals surface area contributed by atoms with Crippen molar-refractivity contribution in [1.82, 2.24) is 15.3 Å². The van der Waals surface area contributed by atoms with Gasteiger partial charge in [0, 0.05) is 19.2 Å². The van der Waals surface area contributed by atoms with Crippen molar-refractivity contribution in [2.24, 2.45) is 0 Å². The Labute approximate surface area is 118 Å². The first kappa shape index (κ1) is 14.8.